The lowest BCUT2D eigenvalue weighted by Crippen LogP contribution is -2.41. The molecule has 0 radical (unpaired) electrons. The molecule has 3 aromatic rings. The van der Waals surface area contributed by atoms with Gasteiger partial charge in [-0.05, 0) is 44.9 Å². The predicted octanol–water partition coefficient (Wildman–Crippen LogP) is 4.03. The van der Waals surface area contributed by atoms with Gasteiger partial charge in [-0.2, -0.15) is 5.10 Å². The van der Waals surface area contributed by atoms with Gasteiger partial charge in [0, 0.05) is 24.8 Å². The number of carbonyl (C=O) groups is 1. The SMILES string of the molecule is Cc1cc(C)n(-c2cc(N3CCCC(C(=O)Nc4ccccc4OC(F)(F)F)C3)ncn2)n1. The molecule has 0 aliphatic carbocycles. The van der Waals surface area contributed by atoms with Crippen LogP contribution in [0.4, 0.5) is 24.7 Å². The second kappa shape index (κ2) is 9.08. The van der Waals surface area contributed by atoms with E-state index >= 15 is 0 Å². The lowest BCUT2D eigenvalue weighted by atomic mass is 9.97. The number of ether oxygens (including phenoxy) is 1. The van der Waals surface area contributed by atoms with Crippen molar-refractivity contribution < 1.29 is 22.7 Å². The van der Waals surface area contributed by atoms with E-state index in [2.05, 4.69) is 25.1 Å². The van der Waals surface area contributed by atoms with Gasteiger partial charge in [0.05, 0.1) is 17.3 Å². The molecule has 1 aliphatic rings. The van der Waals surface area contributed by atoms with Crippen LogP contribution in [0.5, 0.6) is 5.75 Å². The molecule has 4 rings (SSSR count). The van der Waals surface area contributed by atoms with Crippen LogP contribution < -0.4 is 15.0 Å². The number of hydrogen-bond acceptors (Lipinski definition) is 6. The first-order valence-corrected chi connectivity index (χ1v) is 10.5. The standard InChI is InChI=1S/C22H23F3N6O2/c1-14-10-15(2)31(29-14)20-11-19(26-13-27-20)30-9-5-6-16(12-30)21(32)28-17-7-3-4-8-18(17)33-22(23,24)25/h3-4,7-8,10-11,13,16H,5-6,9,12H2,1-2H3,(H,28,32). The minimum Gasteiger partial charge on any atom is -0.404 e. The Bertz CT molecular complexity index is 1150. The molecule has 8 nitrogen and oxygen atoms in total. The molecular formula is C22H23F3N6O2. The molecule has 0 spiro atoms. The number of alkyl halides is 3. The molecule has 174 valence electrons. The van der Waals surface area contributed by atoms with Crippen LogP contribution in [-0.2, 0) is 4.79 Å². The molecule has 1 atom stereocenters. The smallest absolute Gasteiger partial charge is 0.404 e. The van der Waals surface area contributed by atoms with E-state index in [1.54, 1.807) is 4.68 Å². The molecule has 0 bridgehead atoms. The van der Waals surface area contributed by atoms with Crippen molar-refractivity contribution in [3.8, 4) is 11.6 Å². The van der Waals surface area contributed by atoms with Gasteiger partial charge in [0.1, 0.15) is 12.1 Å². The Morgan fingerprint density at radius 2 is 1.91 bits per heavy atom. The van der Waals surface area contributed by atoms with Crippen LogP contribution in [0.25, 0.3) is 5.82 Å². The molecule has 33 heavy (non-hydrogen) atoms. The Morgan fingerprint density at radius 1 is 1.15 bits per heavy atom. The quantitative estimate of drug-likeness (QED) is 0.619. The largest absolute Gasteiger partial charge is 0.573 e. The van der Waals surface area contributed by atoms with Gasteiger partial charge >= 0.3 is 6.36 Å². The normalized spacial score (nSPS) is 16.5. The highest BCUT2D eigenvalue weighted by molar-refractivity contribution is 5.94. The molecule has 1 saturated heterocycles. The zero-order valence-electron chi connectivity index (χ0n) is 18.1. The van der Waals surface area contributed by atoms with E-state index in [9.17, 15) is 18.0 Å². The van der Waals surface area contributed by atoms with E-state index in [1.807, 2.05) is 30.9 Å². The zero-order chi connectivity index (χ0) is 23.6. The number of nitrogens with zero attached hydrogens (tertiary/aromatic N) is 5. The number of halogens is 3. The Hall–Kier alpha value is -3.63. The third-order valence-electron chi connectivity index (χ3n) is 5.35. The highest BCUT2D eigenvalue weighted by Crippen LogP contribution is 2.31. The average molecular weight is 460 g/mol. The van der Waals surface area contributed by atoms with Gasteiger partial charge in [-0.1, -0.05) is 12.1 Å². The van der Waals surface area contributed by atoms with E-state index in [1.165, 1.54) is 24.5 Å². The van der Waals surface area contributed by atoms with Gasteiger partial charge in [-0.25, -0.2) is 14.6 Å². The number of aromatic nitrogens is 4. The van der Waals surface area contributed by atoms with Crippen LogP contribution in [-0.4, -0.2) is 45.1 Å². The van der Waals surface area contributed by atoms with Crippen molar-refractivity contribution in [2.24, 2.45) is 5.92 Å². The summed E-state index contributed by atoms with van der Waals surface area (Å²) in [7, 11) is 0. The number of para-hydroxylation sites is 2. The fourth-order valence-electron chi connectivity index (χ4n) is 3.90. The summed E-state index contributed by atoms with van der Waals surface area (Å²) < 4.78 is 43.8. The summed E-state index contributed by atoms with van der Waals surface area (Å²) in [6, 6.07) is 9.25. The van der Waals surface area contributed by atoms with Crippen molar-refractivity contribution in [2.45, 2.75) is 33.1 Å². The molecule has 1 aliphatic heterocycles. The van der Waals surface area contributed by atoms with E-state index in [0.29, 0.717) is 31.1 Å². The average Bonchev–Trinajstić information content (AvgIpc) is 3.12. The maximum atomic E-state index is 12.9. The monoisotopic (exact) mass is 460 g/mol. The van der Waals surface area contributed by atoms with E-state index in [4.69, 9.17) is 0 Å². The second-order valence-electron chi connectivity index (χ2n) is 7.89. The van der Waals surface area contributed by atoms with Crippen molar-refractivity contribution in [1.29, 1.82) is 0 Å². The Labute approximate surface area is 188 Å². The molecule has 1 unspecified atom stereocenters. The Morgan fingerprint density at radius 3 is 2.64 bits per heavy atom. The number of hydrogen-bond donors (Lipinski definition) is 1. The number of aryl methyl sites for hydroxylation is 2. The van der Waals surface area contributed by atoms with Gasteiger partial charge in [-0.3, -0.25) is 4.79 Å². The van der Waals surface area contributed by atoms with Gasteiger partial charge < -0.3 is 15.0 Å². The number of rotatable bonds is 5. The fourth-order valence-corrected chi connectivity index (χ4v) is 3.90. The summed E-state index contributed by atoms with van der Waals surface area (Å²) in [6.07, 6.45) is -2.05. The van der Waals surface area contributed by atoms with E-state index < -0.39 is 18.0 Å². The van der Waals surface area contributed by atoms with Crippen molar-refractivity contribution in [3.63, 3.8) is 0 Å². The first-order valence-electron chi connectivity index (χ1n) is 10.5. The second-order valence-corrected chi connectivity index (χ2v) is 7.89. The van der Waals surface area contributed by atoms with Crippen LogP contribution in [0, 0.1) is 19.8 Å². The van der Waals surface area contributed by atoms with Crippen molar-refractivity contribution in [1.82, 2.24) is 19.7 Å². The summed E-state index contributed by atoms with van der Waals surface area (Å²) in [5.41, 5.74) is 1.79. The molecule has 1 fully saturated rings. The maximum Gasteiger partial charge on any atom is 0.573 e. The Balaban J connectivity index is 1.48. The zero-order valence-corrected chi connectivity index (χ0v) is 18.1. The molecular weight excluding hydrogens is 437 g/mol. The number of benzene rings is 1. The van der Waals surface area contributed by atoms with Crippen molar-refractivity contribution >= 4 is 17.4 Å². The highest BCUT2D eigenvalue weighted by Gasteiger charge is 2.33. The van der Waals surface area contributed by atoms with Crippen molar-refractivity contribution in [2.75, 3.05) is 23.3 Å². The topological polar surface area (TPSA) is 85.2 Å². The molecule has 0 saturated carbocycles. The first-order chi connectivity index (χ1) is 15.7. The maximum absolute atomic E-state index is 12.9. The minimum atomic E-state index is -4.85. The van der Waals surface area contributed by atoms with Crippen LogP contribution in [0.3, 0.4) is 0 Å². The lowest BCUT2D eigenvalue weighted by molar-refractivity contribution is -0.274. The third-order valence-corrected chi connectivity index (χ3v) is 5.35. The predicted molar refractivity (Wildman–Crippen MR) is 115 cm³/mol. The summed E-state index contributed by atoms with van der Waals surface area (Å²) >= 11 is 0. The molecule has 2 aromatic heterocycles. The van der Waals surface area contributed by atoms with Crippen LogP contribution in [0.1, 0.15) is 24.2 Å². The summed E-state index contributed by atoms with van der Waals surface area (Å²) in [5.74, 6) is 0.0353. The van der Waals surface area contributed by atoms with Gasteiger partial charge in [-0.15, -0.1) is 13.2 Å². The Kier molecular flexibility index (Phi) is 6.21. The summed E-state index contributed by atoms with van der Waals surface area (Å²) in [6.45, 7) is 4.91. The summed E-state index contributed by atoms with van der Waals surface area (Å²) in [4.78, 5) is 23.5. The van der Waals surface area contributed by atoms with Gasteiger partial charge in [0.25, 0.3) is 0 Å². The van der Waals surface area contributed by atoms with Crippen LogP contribution in [0.2, 0.25) is 0 Å². The molecule has 1 N–H and O–H groups in total. The van der Waals surface area contributed by atoms with E-state index in [0.717, 1.165) is 23.9 Å². The molecule has 1 amide bonds. The number of amides is 1. The first kappa shape index (κ1) is 22.6. The number of piperidine rings is 1. The number of nitrogens with one attached hydrogen (secondary N) is 1. The number of anilines is 2. The minimum absolute atomic E-state index is 0.0224. The van der Waals surface area contributed by atoms with Gasteiger partial charge in [0.15, 0.2) is 11.6 Å². The van der Waals surface area contributed by atoms with E-state index in [-0.39, 0.29) is 11.6 Å². The highest BCUT2D eigenvalue weighted by atomic mass is 19.4. The fraction of sp³-hybridized carbons (Fsp3) is 0.364. The number of carbonyl (C=O) groups excluding carboxylic acids is 1. The molecule has 3 heterocycles. The summed E-state index contributed by atoms with van der Waals surface area (Å²) in [5, 5.41) is 7.03. The molecule has 1 aromatic carbocycles. The van der Waals surface area contributed by atoms with Crippen LogP contribution >= 0.6 is 0 Å². The third kappa shape index (κ3) is 5.41. The van der Waals surface area contributed by atoms with Crippen LogP contribution in [0.15, 0.2) is 42.7 Å². The lowest BCUT2D eigenvalue weighted by Gasteiger charge is -2.33. The molecule has 11 heteroatoms. The van der Waals surface area contributed by atoms with Gasteiger partial charge in [0.2, 0.25) is 5.91 Å². The van der Waals surface area contributed by atoms with Crippen molar-refractivity contribution in [3.05, 3.63) is 54.1 Å².